The van der Waals surface area contributed by atoms with Gasteiger partial charge in [0.1, 0.15) is 5.69 Å². The largest absolute Gasteiger partial charge is 0.351 e. The van der Waals surface area contributed by atoms with Crippen LogP contribution in [0, 0.1) is 11.3 Å². The van der Waals surface area contributed by atoms with Crippen molar-refractivity contribution in [3.8, 4) is 6.07 Å². The summed E-state index contributed by atoms with van der Waals surface area (Å²) in [4.78, 5) is 15.7. The number of hydrogen-bond acceptors (Lipinski definition) is 5. The Labute approximate surface area is 98.3 Å². The fourth-order valence-corrected chi connectivity index (χ4v) is 1.91. The first-order valence-electron chi connectivity index (χ1n) is 5.07. The minimum Gasteiger partial charge on any atom is -0.351 e. The molecule has 6 heteroatoms. The van der Waals surface area contributed by atoms with E-state index in [1.54, 1.807) is 5.38 Å². The molecule has 0 aliphatic rings. The Balaban J connectivity index is 2.38. The van der Waals surface area contributed by atoms with Crippen molar-refractivity contribution in [2.24, 2.45) is 5.73 Å². The van der Waals surface area contributed by atoms with E-state index in [1.165, 1.54) is 11.3 Å². The number of nitrogens with zero attached hydrogens (tertiary/aromatic N) is 2. The lowest BCUT2D eigenvalue weighted by molar-refractivity contribution is 0.0949. The van der Waals surface area contributed by atoms with Crippen LogP contribution in [-0.4, -0.2) is 24.0 Å². The van der Waals surface area contributed by atoms with Gasteiger partial charge in [0.2, 0.25) is 0 Å². The van der Waals surface area contributed by atoms with E-state index in [0.29, 0.717) is 38.0 Å². The standard InChI is InChI=1S/C10H14N4OS/c11-4-1-2-6-13-10(15)8-7-16-9(14-8)3-5-12/h7H,1-3,5-6,12H2,(H,13,15). The first-order valence-corrected chi connectivity index (χ1v) is 5.95. The van der Waals surface area contributed by atoms with Crippen molar-refractivity contribution in [2.45, 2.75) is 19.3 Å². The minimum atomic E-state index is -0.183. The Bertz CT molecular complexity index is 382. The summed E-state index contributed by atoms with van der Waals surface area (Å²) in [6.07, 6.45) is 1.82. The first-order chi connectivity index (χ1) is 7.77. The zero-order chi connectivity index (χ0) is 11.8. The Hall–Kier alpha value is -1.45. The number of rotatable bonds is 6. The fourth-order valence-electron chi connectivity index (χ4n) is 1.11. The molecule has 0 spiro atoms. The summed E-state index contributed by atoms with van der Waals surface area (Å²) < 4.78 is 0. The average molecular weight is 238 g/mol. The monoisotopic (exact) mass is 238 g/mol. The number of carbonyl (C=O) groups excluding carboxylic acids is 1. The van der Waals surface area contributed by atoms with E-state index in [1.807, 2.05) is 6.07 Å². The maximum absolute atomic E-state index is 11.5. The van der Waals surface area contributed by atoms with Gasteiger partial charge in [0.15, 0.2) is 0 Å². The van der Waals surface area contributed by atoms with Gasteiger partial charge in [-0.25, -0.2) is 4.98 Å². The van der Waals surface area contributed by atoms with Crippen molar-refractivity contribution in [1.29, 1.82) is 5.26 Å². The lowest BCUT2D eigenvalue weighted by Crippen LogP contribution is -2.24. The molecule has 0 fully saturated rings. The molecule has 0 aliphatic heterocycles. The van der Waals surface area contributed by atoms with E-state index >= 15 is 0 Å². The molecule has 0 saturated heterocycles. The van der Waals surface area contributed by atoms with Gasteiger partial charge in [-0.15, -0.1) is 11.3 Å². The third kappa shape index (κ3) is 3.96. The summed E-state index contributed by atoms with van der Waals surface area (Å²) in [6, 6.07) is 2.02. The Morgan fingerprint density at radius 3 is 3.19 bits per heavy atom. The molecule has 0 atom stereocenters. The van der Waals surface area contributed by atoms with Gasteiger partial charge in [0.05, 0.1) is 11.1 Å². The minimum absolute atomic E-state index is 0.183. The summed E-state index contributed by atoms with van der Waals surface area (Å²) >= 11 is 1.44. The summed E-state index contributed by atoms with van der Waals surface area (Å²) in [6.45, 7) is 1.05. The molecule has 86 valence electrons. The lowest BCUT2D eigenvalue weighted by atomic mass is 10.3. The van der Waals surface area contributed by atoms with Crippen LogP contribution in [0.3, 0.4) is 0 Å². The molecule has 1 aromatic heterocycles. The number of unbranched alkanes of at least 4 members (excludes halogenated alkanes) is 1. The van der Waals surface area contributed by atoms with Crippen LogP contribution in [0.5, 0.6) is 0 Å². The number of nitriles is 1. The van der Waals surface area contributed by atoms with Crippen LogP contribution in [0.25, 0.3) is 0 Å². The third-order valence-corrected chi connectivity index (χ3v) is 2.80. The van der Waals surface area contributed by atoms with Crippen molar-refractivity contribution < 1.29 is 4.79 Å². The molecule has 0 unspecified atom stereocenters. The van der Waals surface area contributed by atoms with Crippen LogP contribution in [0.2, 0.25) is 0 Å². The molecule has 1 aromatic rings. The quantitative estimate of drug-likeness (QED) is 0.713. The topological polar surface area (TPSA) is 91.8 Å². The van der Waals surface area contributed by atoms with Gasteiger partial charge in [-0.05, 0) is 13.0 Å². The lowest BCUT2D eigenvalue weighted by Gasteiger charge is -1.99. The van der Waals surface area contributed by atoms with E-state index in [4.69, 9.17) is 11.0 Å². The second-order valence-electron chi connectivity index (χ2n) is 3.18. The maximum atomic E-state index is 11.5. The van der Waals surface area contributed by atoms with Crippen LogP contribution in [0.15, 0.2) is 5.38 Å². The van der Waals surface area contributed by atoms with Crippen LogP contribution < -0.4 is 11.1 Å². The molecule has 0 aliphatic carbocycles. The van der Waals surface area contributed by atoms with E-state index in [9.17, 15) is 4.79 Å². The van der Waals surface area contributed by atoms with Crippen LogP contribution in [-0.2, 0) is 6.42 Å². The van der Waals surface area contributed by atoms with E-state index in [0.717, 1.165) is 5.01 Å². The SMILES string of the molecule is N#CCCCNC(=O)c1csc(CCN)n1. The Morgan fingerprint density at radius 1 is 1.69 bits per heavy atom. The van der Waals surface area contributed by atoms with Gasteiger partial charge < -0.3 is 11.1 Å². The number of carbonyl (C=O) groups is 1. The number of hydrogen-bond donors (Lipinski definition) is 2. The van der Waals surface area contributed by atoms with Gasteiger partial charge in [0, 0.05) is 24.8 Å². The molecule has 1 rings (SSSR count). The number of amides is 1. The van der Waals surface area contributed by atoms with Crippen LogP contribution in [0.1, 0.15) is 28.3 Å². The zero-order valence-electron chi connectivity index (χ0n) is 8.90. The van der Waals surface area contributed by atoms with Gasteiger partial charge in [-0.2, -0.15) is 5.26 Å². The highest BCUT2D eigenvalue weighted by Gasteiger charge is 2.09. The summed E-state index contributed by atoms with van der Waals surface area (Å²) in [5.41, 5.74) is 5.83. The second kappa shape index (κ2) is 6.93. The first kappa shape index (κ1) is 12.6. The predicted molar refractivity (Wildman–Crippen MR) is 62.1 cm³/mol. The van der Waals surface area contributed by atoms with E-state index < -0.39 is 0 Å². The molecular formula is C10H14N4OS. The molecule has 3 N–H and O–H groups in total. The second-order valence-corrected chi connectivity index (χ2v) is 4.13. The number of thiazole rings is 1. The zero-order valence-corrected chi connectivity index (χ0v) is 9.72. The van der Waals surface area contributed by atoms with Crippen molar-refractivity contribution in [3.05, 3.63) is 16.1 Å². The molecular weight excluding hydrogens is 224 g/mol. The highest BCUT2D eigenvalue weighted by molar-refractivity contribution is 7.09. The fraction of sp³-hybridized carbons (Fsp3) is 0.500. The molecule has 1 heterocycles. The smallest absolute Gasteiger partial charge is 0.270 e. The summed E-state index contributed by atoms with van der Waals surface area (Å²) in [7, 11) is 0. The highest BCUT2D eigenvalue weighted by Crippen LogP contribution is 2.09. The number of aromatic nitrogens is 1. The van der Waals surface area contributed by atoms with Gasteiger partial charge in [-0.1, -0.05) is 0 Å². The molecule has 0 saturated carbocycles. The normalized spacial score (nSPS) is 9.75. The van der Waals surface area contributed by atoms with Crippen LogP contribution in [0.4, 0.5) is 0 Å². The Kier molecular flexibility index (Phi) is 5.46. The van der Waals surface area contributed by atoms with E-state index in [-0.39, 0.29) is 5.91 Å². The van der Waals surface area contributed by atoms with Crippen molar-refractivity contribution >= 4 is 17.2 Å². The maximum Gasteiger partial charge on any atom is 0.270 e. The molecule has 1 amide bonds. The molecule has 0 aromatic carbocycles. The summed E-state index contributed by atoms with van der Waals surface area (Å²) in [5, 5.41) is 13.6. The Morgan fingerprint density at radius 2 is 2.50 bits per heavy atom. The molecule has 0 radical (unpaired) electrons. The number of nitrogens with two attached hydrogens (primary N) is 1. The van der Waals surface area contributed by atoms with Gasteiger partial charge >= 0.3 is 0 Å². The van der Waals surface area contributed by atoms with E-state index in [2.05, 4.69) is 10.3 Å². The molecule has 16 heavy (non-hydrogen) atoms. The molecule has 0 bridgehead atoms. The number of nitrogens with one attached hydrogen (secondary N) is 1. The van der Waals surface area contributed by atoms with Crippen molar-refractivity contribution in [3.63, 3.8) is 0 Å². The van der Waals surface area contributed by atoms with Gasteiger partial charge in [-0.3, -0.25) is 4.79 Å². The summed E-state index contributed by atoms with van der Waals surface area (Å²) in [5.74, 6) is -0.183. The van der Waals surface area contributed by atoms with Crippen molar-refractivity contribution in [1.82, 2.24) is 10.3 Å². The predicted octanol–water partition coefficient (Wildman–Crippen LogP) is 0.678. The molecule has 5 nitrogen and oxygen atoms in total. The van der Waals surface area contributed by atoms with Crippen LogP contribution >= 0.6 is 11.3 Å². The average Bonchev–Trinajstić information content (AvgIpc) is 2.73. The highest BCUT2D eigenvalue weighted by atomic mass is 32.1. The van der Waals surface area contributed by atoms with Crippen molar-refractivity contribution in [2.75, 3.05) is 13.1 Å². The third-order valence-electron chi connectivity index (χ3n) is 1.89. The van der Waals surface area contributed by atoms with Gasteiger partial charge in [0.25, 0.3) is 5.91 Å².